The van der Waals surface area contributed by atoms with E-state index in [1.165, 1.54) is 5.56 Å². The van der Waals surface area contributed by atoms with Crippen LogP contribution in [0.15, 0.2) is 24.3 Å². The fraction of sp³-hybridized carbons (Fsp3) is 0.500. The molecule has 0 aliphatic heterocycles. The number of hydrogen-bond acceptors (Lipinski definition) is 3. The fourth-order valence-corrected chi connectivity index (χ4v) is 1.72. The normalized spacial score (nSPS) is 10.2. The van der Waals surface area contributed by atoms with Gasteiger partial charge in [0.2, 0.25) is 0 Å². The molecule has 0 unspecified atom stereocenters. The smallest absolute Gasteiger partial charge is 0.260 e. The van der Waals surface area contributed by atoms with Crippen molar-refractivity contribution in [3.8, 4) is 5.75 Å². The van der Waals surface area contributed by atoms with Gasteiger partial charge >= 0.3 is 0 Å². The van der Waals surface area contributed by atoms with Gasteiger partial charge in [0.25, 0.3) is 5.91 Å². The molecule has 0 fully saturated rings. The molecule has 100 valence electrons. The van der Waals surface area contributed by atoms with Crippen LogP contribution in [0.25, 0.3) is 0 Å². The van der Waals surface area contributed by atoms with Crippen LogP contribution >= 0.6 is 0 Å². The molecule has 1 amide bonds. The third kappa shape index (κ3) is 4.37. The lowest BCUT2D eigenvalue weighted by Gasteiger charge is -2.18. The molecule has 0 saturated heterocycles. The Morgan fingerprint density at radius 3 is 2.33 bits per heavy atom. The lowest BCUT2D eigenvalue weighted by atomic mass is 10.2. The molecule has 1 aromatic carbocycles. The SMILES string of the molecule is CCN(CC)C(=O)COc1ccc(CNC)cc1. The van der Waals surface area contributed by atoms with Crippen LogP contribution in [0.1, 0.15) is 19.4 Å². The van der Waals surface area contributed by atoms with Gasteiger partial charge in [-0.1, -0.05) is 12.1 Å². The van der Waals surface area contributed by atoms with Crippen LogP contribution in [0.5, 0.6) is 5.75 Å². The summed E-state index contributed by atoms with van der Waals surface area (Å²) >= 11 is 0. The minimum Gasteiger partial charge on any atom is -0.484 e. The monoisotopic (exact) mass is 250 g/mol. The summed E-state index contributed by atoms with van der Waals surface area (Å²) in [6, 6.07) is 7.77. The number of nitrogens with zero attached hydrogens (tertiary/aromatic N) is 1. The van der Waals surface area contributed by atoms with Crippen molar-refractivity contribution in [2.45, 2.75) is 20.4 Å². The topological polar surface area (TPSA) is 41.6 Å². The van der Waals surface area contributed by atoms with Crippen molar-refractivity contribution in [1.29, 1.82) is 0 Å². The third-order valence-corrected chi connectivity index (χ3v) is 2.78. The molecule has 0 aliphatic carbocycles. The zero-order valence-electron chi connectivity index (χ0n) is 11.4. The van der Waals surface area contributed by atoms with Gasteiger partial charge in [-0.25, -0.2) is 0 Å². The number of ether oxygens (including phenoxy) is 1. The van der Waals surface area contributed by atoms with E-state index in [1.807, 2.05) is 45.2 Å². The van der Waals surface area contributed by atoms with Crippen molar-refractivity contribution < 1.29 is 9.53 Å². The van der Waals surface area contributed by atoms with E-state index < -0.39 is 0 Å². The average Bonchev–Trinajstić information content (AvgIpc) is 2.40. The lowest BCUT2D eigenvalue weighted by Crippen LogP contribution is -2.34. The molecular formula is C14H22N2O2. The van der Waals surface area contributed by atoms with Crippen LogP contribution in [0.4, 0.5) is 0 Å². The van der Waals surface area contributed by atoms with Crippen molar-refractivity contribution >= 4 is 5.91 Å². The van der Waals surface area contributed by atoms with E-state index in [2.05, 4.69) is 5.32 Å². The van der Waals surface area contributed by atoms with Gasteiger partial charge in [0.1, 0.15) is 5.75 Å². The highest BCUT2D eigenvalue weighted by atomic mass is 16.5. The number of benzene rings is 1. The summed E-state index contributed by atoms with van der Waals surface area (Å²) in [5, 5.41) is 3.08. The van der Waals surface area contributed by atoms with Gasteiger partial charge in [0.05, 0.1) is 0 Å². The van der Waals surface area contributed by atoms with Gasteiger partial charge in [-0.15, -0.1) is 0 Å². The summed E-state index contributed by atoms with van der Waals surface area (Å²) in [4.78, 5) is 13.5. The van der Waals surface area contributed by atoms with Crippen LogP contribution in [0.3, 0.4) is 0 Å². The second-order valence-electron chi connectivity index (χ2n) is 4.03. The summed E-state index contributed by atoms with van der Waals surface area (Å²) in [6.07, 6.45) is 0. The molecule has 0 atom stereocenters. The zero-order chi connectivity index (χ0) is 13.4. The molecule has 4 heteroatoms. The van der Waals surface area contributed by atoms with Gasteiger partial charge in [-0.05, 0) is 38.6 Å². The van der Waals surface area contributed by atoms with E-state index >= 15 is 0 Å². The number of hydrogen-bond donors (Lipinski definition) is 1. The maximum Gasteiger partial charge on any atom is 0.260 e. The highest BCUT2D eigenvalue weighted by Gasteiger charge is 2.09. The first-order valence-corrected chi connectivity index (χ1v) is 6.35. The number of nitrogens with one attached hydrogen (secondary N) is 1. The highest BCUT2D eigenvalue weighted by molar-refractivity contribution is 5.77. The van der Waals surface area contributed by atoms with Crippen molar-refractivity contribution in [3.05, 3.63) is 29.8 Å². The van der Waals surface area contributed by atoms with E-state index in [-0.39, 0.29) is 12.5 Å². The fourth-order valence-electron chi connectivity index (χ4n) is 1.72. The number of carbonyl (C=O) groups excluding carboxylic acids is 1. The van der Waals surface area contributed by atoms with Gasteiger partial charge in [0.15, 0.2) is 6.61 Å². The summed E-state index contributed by atoms with van der Waals surface area (Å²) < 4.78 is 5.47. The van der Waals surface area contributed by atoms with E-state index in [0.717, 1.165) is 25.4 Å². The van der Waals surface area contributed by atoms with Crippen LogP contribution in [-0.4, -0.2) is 37.6 Å². The lowest BCUT2D eigenvalue weighted by molar-refractivity contribution is -0.132. The van der Waals surface area contributed by atoms with E-state index in [0.29, 0.717) is 0 Å². The third-order valence-electron chi connectivity index (χ3n) is 2.78. The number of likely N-dealkylation sites (N-methyl/N-ethyl adjacent to an activating group) is 1. The number of carbonyl (C=O) groups is 1. The van der Waals surface area contributed by atoms with E-state index in [1.54, 1.807) is 4.90 Å². The molecule has 1 N–H and O–H groups in total. The number of rotatable bonds is 7. The molecule has 0 saturated carbocycles. The Balaban J connectivity index is 2.45. The predicted molar refractivity (Wildman–Crippen MR) is 72.6 cm³/mol. The van der Waals surface area contributed by atoms with Crippen molar-refractivity contribution in [3.63, 3.8) is 0 Å². The van der Waals surface area contributed by atoms with Crippen LogP contribution in [-0.2, 0) is 11.3 Å². The summed E-state index contributed by atoms with van der Waals surface area (Å²) in [7, 11) is 1.91. The van der Waals surface area contributed by atoms with Gasteiger partial charge in [-0.3, -0.25) is 4.79 Å². The minimum absolute atomic E-state index is 0.0271. The molecule has 0 aromatic heterocycles. The Morgan fingerprint density at radius 1 is 1.22 bits per heavy atom. The summed E-state index contributed by atoms with van der Waals surface area (Å²) in [6.45, 7) is 6.31. The standard InChI is InChI=1S/C14H22N2O2/c1-4-16(5-2)14(17)11-18-13-8-6-12(7-9-13)10-15-3/h6-9,15H,4-5,10-11H2,1-3H3. The first-order chi connectivity index (χ1) is 8.71. The summed E-state index contributed by atoms with van der Waals surface area (Å²) in [5.41, 5.74) is 1.19. The Labute approximate surface area is 109 Å². The first-order valence-electron chi connectivity index (χ1n) is 6.35. The minimum atomic E-state index is 0.0271. The Hall–Kier alpha value is -1.55. The second kappa shape index (κ2) is 7.71. The Bertz CT molecular complexity index is 359. The molecular weight excluding hydrogens is 228 g/mol. The first kappa shape index (κ1) is 14.5. The van der Waals surface area contributed by atoms with E-state index in [9.17, 15) is 4.79 Å². The maximum absolute atomic E-state index is 11.7. The van der Waals surface area contributed by atoms with Crippen molar-refractivity contribution in [2.24, 2.45) is 0 Å². The summed E-state index contributed by atoms with van der Waals surface area (Å²) in [5.74, 6) is 0.759. The Morgan fingerprint density at radius 2 is 1.83 bits per heavy atom. The van der Waals surface area contributed by atoms with Crippen LogP contribution in [0, 0.1) is 0 Å². The van der Waals surface area contributed by atoms with E-state index in [4.69, 9.17) is 4.74 Å². The highest BCUT2D eigenvalue weighted by Crippen LogP contribution is 2.12. The predicted octanol–water partition coefficient (Wildman–Crippen LogP) is 1.65. The van der Waals surface area contributed by atoms with Gasteiger partial charge in [0, 0.05) is 19.6 Å². The molecule has 0 spiro atoms. The maximum atomic E-state index is 11.7. The van der Waals surface area contributed by atoms with Crippen LogP contribution < -0.4 is 10.1 Å². The van der Waals surface area contributed by atoms with Gasteiger partial charge < -0.3 is 15.0 Å². The molecule has 1 rings (SSSR count). The second-order valence-corrected chi connectivity index (χ2v) is 4.03. The largest absolute Gasteiger partial charge is 0.484 e. The molecule has 1 aromatic rings. The molecule has 18 heavy (non-hydrogen) atoms. The molecule has 0 bridgehead atoms. The molecule has 4 nitrogen and oxygen atoms in total. The molecule has 0 aliphatic rings. The average molecular weight is 250 g/mol. The quantitative estimate of drug-likeness (QED) is 0.800. The van der Waals surface area contributed by atoms with Crippen molar-refractivity contribution in [2.75, 3.05) is 26.7 Å². The Kier molecular flexibility index (Phi) is 6.22. The number of amides is 1. The molecule has 0 radical (unpaired) electrons. The van der Waals surface area contributed by atoms with Crippen LogP contribution in [0.2, 0.25) is 0 Å². The zero-order valence-corrected chi connectivity index (χ0v) is 11.4. The molecule has 0 heterocycles. The van der Waals surface area contributed by atoms with Crippen molar-refractivity contribution in [1.82, 2.24) is 10.2 Å². The van der Waals surface area contributed by atoms with Gasteiger partial charge in [-0.2, -0.15) is 0 Å².